The molecule has 2 amide bonds. The predicted octanol–water partition coefficient (Wildman–Crippen LogP) is 7.01. The van der Waals surface area contributed by atoms with Crippen LogP contribution in [0.5, 0.6) is 0 Å². The van der Waals surface area contributed by atoms with E-state index < -0.39 is 16.1 Å². The number of rotatable bonds is 13. The molecule has 0 saturated heterocycles. The van der Waals surface area contributed by atoms with Crippen LogP contribution in [0.2, 0.25) is 20.1 Å². The van der Waals surface area contributed by atoms with Crippen molar-refractivity contribution in [3.63, 3.8) is 0 Å². The molecule has 0 saturated carbocycles. The molecular weight excluding hydrogens is 640 g/mol. The Morgan fingerprint density at radius 1 is 0.857 bits per heavy atom. The van der Waals surface area contributed by atoms with Gasteiger partial charge in [-0.05, 0) is 61.7 Å². The lowest BCUT2D eigenvalue weighted by Crippen LogP contribution is -2.51. The van der Waals surface area contributed by atoms with Gasteiger partial charge in [0.1, 0.15) is 6.04 Å². The molecular formula is C30H33Cl4N3O4S. The van der Waals surface area contributed by atoms with Crippen molar-refractivity contribution in [3.8, 4) is 0 Å². The van der Waals surface area contributed by atoms with Crippen LogP contribution in [0.4, 0.5) is 5.69 Å². The molecule has 0 aromatic heterocycles. The standard InChI is InChI=1S/C30H33Cl4N3O4S/c1-20(2)35-30(39)28(17-21-8-5-4-6-9-21)36(19-22-11-13-24(32)26(34)16-22)29(38)10-7-15-37(42(3,40)41)27-18-23(31)12-14-25(27)33/h4-6,8-9,11-14,16,18,20,28H,7,10,15,17,19H2,1-3H3,(H,35,39)/t28-/m1/s1. The zero-order chi connectivity index (χ0) is 31.0. The number of benzene rings is 3. The molecule has 0 unspecified atom stereocenters. The number of halogens is 4. The van der Waals surface area contributed by atoms with Crippen molar-refractivity contribution in [2.24, 2.45) is 0 Å². The molecule has 1 atom stereocenters. The van der Waals surface area contributed by atoms with Gasteiger partial charge in [0.15, 0.2) is 0 Å². The van der Waals surface area contributed by atoms with E-state index in [1.165, 1.54) is 17.0 Å². The van der Waals surface area contributed by atoms with Crippen molar-refractivity contribution in [2.45, 2.75) is 51.7 Å². The zero-order valence-corrected chi connectivity index (χ0v) is 27.3. The monoisotopic (exact) mass is 671 g/mol. The second-order valence-corrected chi connectivity index (χ2v) is 13.7. The molecule has 0 aliphatic heterocycles. The summed E-state index contributed by atoms with van der Waals surface area (Å²) in [4.78, 5) is 28.9. The van der Waals surface area contributed by atoms with Crippen LogP contribution in [-0.4, -0.2) is 50.0 Å². The highest BCUT2D eigenvalue weighted by Gasteiger charge is 2.31. The third kappa shape index (κ3) is 9.78. The second kappa shape index (κ2) is 15.3. The van der Waals surface area contributed by atoms with Gasteiger partial charge in [-0.3, -0.25) is 13.9 Å². The first-order valence-corrected chi connectivity index (χ1v) is 16.6. The van der Waals surface area contributed by atoms with Crippen LogP contribution in [0, 0.1) is 0 Å². The number of hydrogen-bond acceptors (Lipinski definition) is 4. The lowest BCUT2D eigenvalue weighted by Gasteiger charge is -2.32. The lowest BCUT2D eigenvalue weighted by molar-refractivity contribution is -0.141. The van der Waals surface area contributed by atoms with Crippen molar-refractivity contribution in [1.82, 2.24) is 10.2 Å². The maximum absolute atomic E-state index is 13.9. The number of hydrogen-bond donors (Lipinski definition) is 1. The number of carbonyl (C=O) groups is 2. The van der Waals surface area contributed by atoms with Gasteiger partial charge in [-0.2, -0.15) is 0 Å². The van der Waals surface area contributed by atoms with E-state index >= 15 is 0 Å². The van der Waals surface area contributed by atoms with Gasteiger partial charge >= 0.3 is 0 Å². The summed E-state index contributed by atoms with van der Waals surface area (Å²) in [6, 6.07) is 18.0. The van der Waals surface area contributed by atoms with Crippen LogP contribution >= 0.6 is 46.4 Å². The van der Waals surface area contributed by atoms with E-state index in [0.29, 0.717) is 20.6 Å². The van der Waals surface area contributed by atoms with E-state index in [0.717, 1.165) is 16.1 Å². The van der Waals surface area contributed by atoms with Crippen molar-refractivity contribution < 1.29 is 18.0 Å². The van der Waals surface area contributed by atoms with Gasteiger partial charge in [0.05, 0.1) is 27.0 Å². The summed E-state index contributed by atoms with van der Waals surface area (Å²) in [6.45, 7) is 3.77. The first-order valence-electron chi connectivity index (χ1n) is 13.3. The summed E-state index contributed by atoms with van der Waals surface area (Å²) in [7, 11) is -3.74. The minimum atomic E-state index is -3.74. The molecule has 3 aromatic rings. The van der Waals surface area contributed by atoms with E-state index in [4.69, 9.17) is 46.4 Å². The summed E-state index contributed by atoms with van der Waals surface area (Å²) in [6.07, 6.45) is 1.47. The fourth-order valence-electron chi connectivity index (χ4n) is 4.43. The quantitative estimate of drug-likeness (QED) is 0.212. The van der Waals surface area contributed by atoms with E-state index in [1.807, 2.05) is 44.2 Å². The van der Waals surface area contributed by atoms with Gasteiger partial charge in [0, 0.05) is 37.0 Å². The summed E-state index contributed by atoms with van der Waals surface area (Å²) >= 11 is 24.8. The molecule has 0 fully saturated rings. The minimum absolute atomic E-state index is 0.0210. The summed E-state index contributed by atoms with van der Waals surface area (Å²) in [5.74, 6) is -0.628. The third-order valence-electron chi connectivity index (χ3n) is 6.37. The number of carbonyl (C=O) groups excluding carboxylic acids is 2. The van der Waals surface area contributed by atoms with Crippen LogP contribution in [0.1, 0.15) is 37.8 Å². The van der Waals surface area contributed by atoms with Crippen molar-refractivity contribution in [2.75, 3.05) is 17.1 Å². The van der Waals surface area contributed by atoms with Crippen LogP contribution in [0.3, 0.4) is 0 Å². The van der Waals surface area contributed by atoms with E-state index in [9.17, 15) is 18.0 Å². The van der Waals surface area contributed by atoms with Crippen molar-refractivity contribution >= 4 is 73.9 Å². The van der Waals surface area contributed by atoms with E-state index in [-0.39, 0.29) is 60.9 Å². The first kappa shape index (κ1) is 34.0. The largest absolute Gasteiger partial charge is 0.352 e. The average Bonchev–Trinajstić information content (AvgIpc) is 2.91. The molecule has 1 N–H and O–H groups in total. The molecule has 3 aromatic carbocycles. The highest BCUT2D eigenvalue weighted by Crippen LogP contribution is 2.31. The Kier molecular flexibility index (Phi) is 12.4. The smallest absolute Gasteiger partial charge is 0.243 e. The fourth-order valence-corrected chi connectivity index (χ4v) is 6.15. The number of amides is 2. The maximum Gasteiger partial charge on any atom is 0.243 e. The fraction of sp³-hybridized carbons (Fsp3) is 0.333. The van der Waals surface area contributed by atoms with Crippen LogP contribution < -0.4 is 9.62 Å². The van der Waals surface area contributed by atoms with Gasteiger partial charge < -0.3 is 10.2 Å². The molecule has 0 heterocycles. The van der Waals surface area contributed by atoms with Gasteiger partial charge in [-0.15, -0.1) is 0 Å². The minimum Gasteiger partial charge on any atom is -0.352 e. The van der Waals surface area contributed by atoms with Gasteiger partial charge in [0.25, 0.3) is 0 Å². The van der Waals surface area contributed by atoms with Gasteiger partial charge in [0.2, 0.25) is 21.8 Å². The van der Waals surface area contributed by atoms with Crippen molar-refractivity contribution in [1.29, 1.82) is 0 Å². The SMILES string of the molecule is CC(C)NC(=O)[C@@H](Cc1ccccc1)N(Cc1ccc(Cl)c(Cl)c1)C(=O)CCCN(c1cc(Cl)ccc1Cl)S(C)(=O)=O. The molecule has 7 nitrogen and oxygen atoms in total. The zero-order valence-electron chi connectivity index (χ0n) is 23.5. The predicted molar refractivity (Wildman–Crippen MR) is 172 cm³/mol. The molecule has 226 valence electrons. The average molecular weight is 673 g/mol. The molecule has 42 heavy (non-hydrogen) atoms. The Morgan fingerprint density at radius 3 is 2.14 bits per heavy atom. The summed E-state index contributed by atoms with van der Waals surface area (Å²) in [5, 5.41) is 4.18. The highest BCUT2D eigenvalue weighted by molar-refractivity contribution is 7.92. The van der Waals surface area contributed by atoms with E-state index in [2.05, 4.69) is 5.32 Å². The Morgan fingerprint density at radius 2 is 1.52 bits per heavy atom. The Labute approximate surface area is 267 Å². The first-order chi connectivity index (χ1) is 19.8. The normalized spacial score (nSPS) is 12.2. The van der Waals surface area contributed by atoms with Crippen molar-refractivity contribution in [3.05, 3.63) is 97.9 Å². The summed E-state index contributed by atoms with van der Waals surface area (Å²) < 4.78 is 26.5. The Hall–Kier alpha value is -2.49. The van der Waals surface area contributed by atoms with Crippen LogP contribution in [0.25, 0.3) is 0 Å². The molecule has 0 aliphatic carbocycles. The number of sulfonamides is 1. The topological polar surface area (TPSA) is 86.8 Å². The number of nitrogens with one attached hydrogen (secondary N) is 1. The second-order valence-electron chi connectivity index (χ2n) is 10.2. The molecule has 0 spiro atoms. The Balaban J connectivity index is 1.92. The van der Waals surface area contributed by atoms with Gasteiger partial charge in [-0.1, -0.05) is 82.8 Å². The lowest BCUT2D eigenvalue weighted by atomic mass is 10.0. The van der Waals surface area contributed by atoms with E-state index in [1.54, 1.807) is 24.3 Å². The Bertz CT molecular complexity index is 1500. The molecule has 12 heteroatoms. The van der Waals surface area contributed by atoms with Crippen LogP contribution in [-0.2, 0) is 32.6 Å². The molecule has 0 radical (unpaired) electrons. The highest BCUT2D eigenvalue weighted by atomic mass is 35.5. The molecule has 0 bridgehead atoms. The number of nitrogens with zero attached hydrogens (tertiary/aromatic N) is 2. The number of anilines is 1. The third-order valence-corrected chi connectivity index (χ3v) is 8.84. The molecule has 3 rings (SSSR count). The molecule has 0 aliphatic rings. The van der Waals surface area contributed by atoms with Gasteiger partial charge in [-0.25, -0.2) is 8.42 Å². The summed E-state index contributed by atoms with van der Waals surface area (Å²) in [5.41, 5.74) is 1.80. The maximum atomic E-state index is 13.9. The van der Waals surface area contributed by atoms with Crippen LogP contribution in [0.15, 0.2) is 66.7 Å².